The molecule has 3 aromatic rings. The predicted molar refractivity (Wildman–Crippen MR) is 133 cm³/mol. The molecule has 0 radical (unpaired) electrons. The molecule has 2 aromatic carbocycles. The fourth-order valence-corrected chi connectivity index (χ4v) is 3.97. The van der Waals surface area contributed by atoms with Gasteiger partial charge in [-0.3, -0.25) is 9.59 Å². The molecule has 7 nitrogen and oxygen atoms in total. The minimum absolute atomic E-state index is 0.0214. The molecular weight excluding hydrogens is 537 g/mol. The first-order valence-corrected chi connectivity index (χ1v) is 11.8. The van der Waals surface area contributed by atoms with Gasteiger partial charge >= 0.3 is 0 Å². The van der Waals surface area contributed by atoms with E-state index in [-0.39, 0.29) is 24.0 Å². The van der Waals surface area contributed by atoms with Gasteiger partial charge in [0.2, 0.25) is 11.8 Å². The van der Waals surface area contributed by atoms with E-state index < -0.39 is 0 Å². The number of carbonyl (C=O) groups is 2. The quantitative estimate of drug-likeness (QED) is 0.271. The van der Waals surface area contributed by atoms with Gasteiger partial charge in [0, 0.05) is 27.4 Å². The number of aromatic nitrogens is 3. The highest BCUT2D eigenvalue weighted by atomic mass is 79.9. The van der Waals surface area contributed by atoms with Crippen molar-refractivity contribution in [1.29, 1.82) is 0 Å². The molecule has 0 aliphatic rings. The van der Waals surface area contributed by atoms with Crippen LogP contribution in [-0.2, 0) is 22.6 Å². The summed E-state index contributed by atoms with van der Waals surface area (Å²) in [6.45, 7) is 4.15. The van der Waals surface area contributed by atoms with Crippen molar-refractivity contribution in [2.24, 2.45) is 0 Å². The van der Waals surface area contributed by atoms with Gasteiger partial charge in [-0.15, -0.1) is 16.8 Å². The van der Waals surface area contributed by atoms with Crippen LogP contribution in [0.5, 0.6) is 0 Å². The average Bonchev–Trinajstić information content (AvgIpc) is 3.12. The Labute approximate surface area is 207 Å². The number of allylic oxidation sites excluding steroid dienone is 1. The average molecular weight is 555 g/mol. The summed E-state index contributed by atoms with van der Waals surface area (Å²) < 4.78 is 2.50. The Balaban J connectivity index is 1.61. The number of nitrogens with zero attached hydrogens (tertiary/aromatic N) is 3. The molecule has 1 aromatic heterocycles. The summed E-state index contributed by atoms with van der Waals surface area (Å²) in [5.41, 5.74) is 1.23. The molecular formula is C21H18BrCl2N5O2S. The number of carbonyl (C=O) groups excluding carboxylic acids is 2. The molecule has 11 heteroatoms. The van der Waals surface area contributed by atoms with Gasteiger partial charge < -0.3 is 15.2 Å². The molecule has 3 rings (SSSR count). The molecule has 0 atom stereocenters. The lowest BCUT2D eigenvalue weighted by molar-refractivity contribution is -0.116. The minimum atomic E-state index is -0.244. The largest absolute Gasteiger partial charge is 0.326 e. The topological polar surface area (TPSA) is 88.9 Å². The van der Waals surface area contributed by atoms with E-state index in [4.69, 9.17) is 23.2 Å². The highest BCUT2D eigenvalue weighted by molar-refractivity contribution is 9.10. The number of anilines is 2. The van der Waals surface area contributed by atoms with Gasteiger partial charge in [0.25, 0.3) is 0 Å². The molecule has 0 unspecified atom stereocenters. The number of hydrogen-bond acceptors (Lipinski definition) is 5. The fourth-order valence-electron chi connectivity index (χ4n) is 2.65. The maximum absolute atomic E-state index is 12.4. The number of nitrogens with one attached hydrogen (secondary N) is 2. The number of hydrogen-bond donors (Lipinski definition) is 2. The van der Waals surface area contributed by atoms with E-state index in [0.717, 1.165) is 4.47 Å². The second-order valence-electron chi connectivity index (χ2n) is 6.50. The highest BCUT2D eigenvalue weighted by Crippen LogP contribution is 2.26. The van der Waals surface area contributed by atoms with E-state index in [0.29, 0.717) is 38.9 Å². The van der Waals surface area contributed by atoms with Gasteiger partial charge in [-0.05, 0) is 58.4 Å². The van der Waals surface area contributed by atoms with Crippen LogP contribution in [-0.4, -0.2) is 32.3 Å². The van der Waals surface area contributed by atoms with E-state index in [1.54, 1.807) is 53.1 Å². The summed E-state index contributed by atoms with van der Waals surface area (Å²) in [6.07, 6.45) is 1.70. The molecule has 2 N–H and O–H groups in total. The standard InChI is InChI=1S/C21H18BrCl2N5O2S/c1-2-9-29-18(11-19(30)25-14-5-3-13(23)4-6-14)27-28-21(29)32-12-20(31)26-15-7-8-16(22)17(24)10-15/h2-8,10H,1,9,11-12H2,(H,25,30)(H,26,31). The van der Waals surface area contributed by atoms with E-state index in [1.807, 2.05) is 0 Å². The molecule has 32 heavy (non-hydrogen) atoms. The van der Waals surface area contributed by atoms with Gasteiger partial charge in [0.1, 0.15) is 5.82 Å². The molecule has 0 spiro atoms. The number of halogens is 3. The molecule has 0 fully saturated rings. The molecule has 0 saturated carbocycles. The predicted octanol–water partition coefficient (Wildman–Crippen LogP) is 5.45. The zero-order valence-corrected chi connectivity index (χ0v) is 20.6. The van der Waals surface area contributed by atoms with Crippen LogP contribution in [0.4, 0.5) is 11.4 Å². The van der Waals surface area contributed by atoms with Crippen LogP contribution < -0.4 is 10.6 Å². The summed E-state index contributed by atoms with van der Waals surface area (Å²) in [4.78, 5) is 24.7. The van der Waals surface area contributed by atoms with Crippen LogP contribution in [0.1, 0.15) is 5.82 Å². The number of thioether (sulfide) groups is 1. The first-order chi connectivity index (χ1) is 15.4. The lowest BCUT2D eigenvalue weighted by atomic mass is 10.3. The van der Waals surface area contributed by atoms with Crippen molar-refractivity contribution in [3.05, 3.63) is 75.5 Å². The lowest BCUT2D eigenvalue weighted by Gasteiger charge is -2.09. The summed E-state index contributed by atoms with van der Waals surface area (Å²) in [7, 11) is 0. The molecule has 0 aliphatic carbocycles. The first-order valence-electron chi connectivity index (χ1n) is 9.32. The van der Waals surface area contributed by atoms with Crippen LogP contribution in [0.15, 0.2) is 64.7 Å². The van der Waals surface area contributed by atoms with Gasteiger partial charge in [0.05, 0.1) is 17.2 Å². The third-order valence-corrected chi connectivity index (χ3v) is 6.54. The zero-order chi connectivity index (χ0) is 23.1. The normalized spacial score (nSPS) is 10.6. The summed E-state index contributed by atoms with van der Waals surface area (Å²) in [6, 6.07) is 12.0. The van der Waals surface area contributed by atoms with Crippen LogP contribution in [0, 0.1) is 0 Å². The van der Waals surface area contributed by atoms with Gasteiger partial charge in [-0.1, -0.05) is 41.0 Å². The SMILES string of the molecule is C=CCn1c(CC(=O)Nc2ccc(Cl)cc2)nnc1SCC(=O)Nc1ccc(Br)c(Cl)c1. The Bertz CT molecular complexity index is 1140. The Morgan fingerprint density at radius 3 is 2.44 bits per heavy atom. The third-order valence-electron chi connectivity index (χ3n) is 4.09. The van der Waals surface area contributed by atoms with Crippen LogP contribution >= 0.6 is 50.9 Å². The molecule has 166 valence electrons. The highest BCUT2D eigenvalue weighted by Gasteiger charge is 2.16. The van der Waals surface area contributed by atoms with Crippen molar-refractivity contribution in [1.82, 2.24) is 14.8 Å². The Hall–Kier alpha value is -2.33. The number of rotatable bonds is 9. The van der Waals surface area contributed by atoms with Crippen LogP contribution in [0.25, 0.3) is 0 Å². The lowest BCUT2D eigenvalue weighted by Crippen LogP contribution is -2.18. The van der Waals surface area contributed by atoms with Crippen LogP contribution in [0.2, 0.25) is 10.0 Å². The van der Waals surface area contributed by atoms with E-state index in [2.05, 4.69) is 43.3 Å². The maximum atomic E-state index is 12.4. The first kappa shape index (κ1) is 24.3. The maximum Gasteiger partial charge on any atom is 0.234 e. The van der Waals surface area contributed by atoms with Gasteiger partial charge in [-0.2, -0.15) is 0 Å². The van der Waals surface area contributed by atoms with Gasteiger partial charge in [0.15, 0.2) is 5.16 Å². The smallest absolute Gasteiger partial charge is 0.234 e. The van der Waals surface area contributed by atoms with E-state index in [1.165, 1.54) is 11.8 Å². The van der Waals surface area contributed by atoms with E-state index in [9.17, 15) is 9.59 Å². The van der Waals surface area contributed by atoms with Crippen molar-refractivity contribution in [3.63, 3.8) is 0 Å². The molecule has 2 amide bonds. The zero-order valence-electron chi connectivity index (χ0n) is 16.6. The molecule has 0 bridgehead atoms. The van der Waals surface area contributed by atoms with E-state index >= 15 is 0 Å². The monoisotopic (exact) mass is 553 g/mol. The Morgan fingerprint density at radius 2 is 1.75 bits per heavy atom. The fraction of sp³-hybridized carbons (Fsp3) is 0.143. The number of amides is 2. The van der Waals surface area contributed by atoms with Crippen molar-refractivity contribution < 1.29 is 9.59 Å². The summed E-state index contributed by atoms with van der Waals surface area (Å²) in [5, 5.41) is 15.4. The van der Waals surface area contributed by atoms with Gasteiger partial charge in [-0.25, -0.2) is 0 Å². The second kappa shape index (κ2) is 11.5. The summed E-state index contributed by atoms with van der Waals surface area (Å²) >= 11 is 16.4. The second-order valence-corrected chi connectivity index (χ2v) is 9.14. The summed E-state index contributed by atoms with van der Waals surface area (Å²) in [5.74, 6) is 0.119. The Kier molecular flexibility index (Phi) is 8.75. The Morgan fingerprint density at radius 1 is 1.06 bits per heavy atom. The van der Waals surface area contributed by atoms with Crippen LogP contribution in [0.3, 0.4) is 0 Å². The van der Waals surface area contributed by atoms with Crippen molar-refractivity contribution >= 4 is 74.1 Å². The minimum Gasteiger partial charge on any atom is -0.326 e. The number of benzene rings is 2. The molecule has 1 heterocycles. The van der Waals surface area contributed by atoms with Crippen molar-refractivity contribution in [2.75, 3.05) is 16.4 Å². The molecule has 0 saturated heterocycles. The van der Waals surface area contributed by atoms with Crippen molar-refractivity contribution in [2.45, 2.75) is 18.1 Å². The van der Waals surface area contributed by atoms with Crippen molar-refractivity contribution in [3.8, 4) is 0 Å². The third kappa shape index (κ3) is 6.83. The molecule has 0 aliphatic heterocycles.